The Morgan fingerprint density at radius 2 is 2.23 bits per heavy atom. The van der Waals surface area contributed by atoms with Crippen molar-refractivity contribution in [1.29, 1.82) is 0 Å². The van der Waals surface area contributed by atoms with Crippen LogP contribution in [-0.2, 0) is 4.74 Å². The van der Waals surface area contributed by atoms with Crippen molar-refractivity contribution >= 4 is 23.2 Å². The van der Waals surface area contributed by atoms with Crippen molar-refractivity contribution in [2.75, 3.05) is 31.7 Å². The number of piperidine rings is 1. The topological polar surface area (TPSA) is 97.1 Å². The predicted molar refractivity (Wildman–Crippen MR) is 92.3 cm³/mol. The van der Waals surface area contributed by atoms with Crippen molar-refractivity contribution in [2.24, 2.45) is 0 Å². The Hall–Kier alpha value is -2.55. The molecule has 1 aliphatic heterocycles. The molecule has 3 rings (SSSR count). The minimum absolute atomic E-state index is 0.0468. The standard InChI is InChI=1S/C17H22FN3O5/c1-10(19-17(22)23)9-25-11-5-7-21(8-6-11)16-20-12-3-4-13(24-2)14(18)15(12)26-16/h3-4,10-11,19H,5-9H2,1-2H3,(H,22,23)/t10-/m0/s1. The van der Waals surface area contributed by atoms with Crippen LogP contribution in [-0.4, -0.2) is 55.1 Å². The lowest BCUT2D eigenvalue weighted by Crippen LogP contribution is -2.40. The smallest absolute Gasteiger partial charge is 0.404 e. The normalized spacial score (nSPS) is 16.7. The second kappa shape index (κ2) is 7.77. The molecule has 0 saturated carbocycles. The molecule has 2 aromatic rings. The van der Waals surface area contributed by atoms with E-state index in [1.54, 1.807) is 13.0 Å². The van der Waals surface area contributed by atoms with Crippen LogP contribution in [0.3, 0.4) is 0 Å². The van der Waals surface area contributed by atoms with Crippen molar-refractivity contribution in [3.05, 3.63) is 17.9 Å². The van der Waals surface area contributed by atoms with Gasteiger partial charge in [0, 0.05) is 13.1 Å². The van der Waals surface area contributed by atoms with E-state index in [1.807, 2.05) is 4.90 Å². The van der Waals surface area contributed by atoms with E-state index in [9.17, 15) is 9.18 Å². The fraction of sp³-hybridized carbons (Fsp3) is 0.529. The van der Waals surface area contributed by atoms with Crippen LogP contribution < -0.4 is 15.0 Å². The summed E-state index contributed by atoms with van der Waals surface area (Å²) in [5, 5.41) is 11.0. The molecule has 1 aliphatic rings. The average molecular weight is 367 g/mol. The number of nitrogens with one attached hydrogen (secondary N) is 1. The van der Waals surface area contributed by atoms with Gasteiger partial charge in [0.1, 0.15) is 5.52 Å². The number of hydrogen-bond donors (Lipinski definition) is 2. The Balaban J connectivity index is 1.57. The number of fused-ring (bicyclic) bond motifs is 1. The monoisotopic (exact) mass is 367 g/mol. The van der Waals surface area contributed by atoms with Crippen LogP contribution in [0.25, 0.3) is 11.1 Å². The molecule has 0 spiro atoms. The van der Waals surface area contributed by atoms with Gasteiger partial charge in [-0.15, -0.1) is 0 Å². The number of hydrogen-bond acceptors (Lipinski definition) is 6. The third-order valence-corrected chi connectivity index (χ3v) is 4.33. The first-order chi connectivity index (χ1) is 12.5. The number of anilines is 1. The van der Waals surface area contributed by atoms with Crippen LogP contribution in [0.5, 0.6) is 5.75 Å². The summed E-state index contributed by atoms with van der Waals surface area (Å²) in [6.45, 7) is 3.41. The first kappa shape index (κ1) is 18.2. The first-order valence-corrected chi connectivity index (χ1v) is 8.47. The van der Waals surface area contributed by atoms with Crippen molar-refractivity contribution in [2.45, 2.75) is 31.9 Å². The van der Waals surface area contributed by atoms with Gasteiger partial charge in [0.05, 0.1) is 25.9 Å². The molecule has 8 nitrogen and oxygen atoms in total. The number of ether oxygens (including phenoxy) is 2. The van der Waals surface area contributed by atoms with Gasteiger partial charge < -0.3 is 29.2 Å². The Morgan fingerprint density at radius 3 is 2.88 bits per heavy atom. The molecule has 0 unspecified atom stereocenters. The second-order valence-electron chi connectivity index (χ2n) is 6.30. The van der Waals surface area contributed by atoms with Gasteiger partial charge >= 0.3 is 6.09 Å². The third-order valence-electron chi connectivity index (χ3n) is 4.33. The summed E-state index contributed by atoms with van der Waals surface area (Å²) in [7, 11) is 1.40. The Labute approximate surface area is 149 Å². The summed E-state index contributed by atoms with van der Waals surface area (Å²) < 4.78 is 30.6. The molecule has 142 valence electrons. The summed E-state index contributed by atoms with van der Waals surface area (Å²) in [6, 6.07) is 3.31. The lowest BCUT2D eigenvalue weighted by Gasteiger charge is -2.31. The zero-order valence-corrected chi connectivity index (χ0v) is 14.7. The fourth-order valence-corrected chi connectivity index (χ4v) is 2.97. The van der Waals surface area contributed by atoms with Crippen LogP contribution in [0, 0.1) is 5.82 Å². The van der Waals surface area contributed by atoms with E-state index in [0.717, 1.165) is 12.8 Å². The SMILES string of the molecule is COc1ccc2nc(N3CCC(OC[C@H](C)NC(=O)O)CC3)oc2c1F. The van der Waals surface area contributed by atoms with Crippen LogP contribution in [0.4, 0.5) is 15.2 Å². The third kappa shape index (κ3) is 3.98. The summed E-state index contributed by atoms with van der Waals surface area (Å²) in [4.78, 5) is 16.9. The molecule has 26 heavy (non-hydrogen) atoms. The number of benzene rings is 1. The summed E-state index contributed by atoms with van der Waals surface area (Å²) >= 11 is 0. The van der Waals surface area contributed by atoms with Gasteiger partial charge in [-0.05, 0) is 31.9 Å². The molecule has 1 aromatic heterocycles. The lowest BCUT2D eigenvalue weighted by atomic mass is 10.1. The number of methoxy groups -OCH3 is 1. The zero-order chi connectivity index (χ0) is 18.7. The number of rotatable bonds is 6. The molecule has 0 bridgehead atoms. The second-order valence-corrected chi connectivity index (χ2v) is 6.30. The van der Waals surface area contributed by atoms with E-state index in [4.69, 9.17) is 19.0 Å². The van der Waals surface area contributed by atoms with E-state index in [2.05, 4.69) is 10.3 Å². The maximum absolute atomic E-state index is 14.2. The molecular weight excluding hydrogens is 345 g/mol. The van der Waals surface area contributed by atoms with Gasteiger partial charge in [0.15, 0.2) is 11.3 Å². The fourth-order valence-electron chi connectivity index (χ4n) is 2.97. The largest absolute Gasteiger partial charge is 0.494 e. The molecule has 9 heteroatoms. The Kier molecular flexibility index (Phi) is 5.46. The molecule has 1 atom stereocenters. The van der Waals surface area contributed by atoms with E-state index < -0.39 is 11.9 Å². The van der Waals surface area contributed by atoms with Gasteiger partial charge in [-0.3, -0.25) is 0 Å². The predicted octanol–water partition coefficient (Wildman–Crippen LogP) is 2.62. The van der Waals surface area contributed by atoms with E-state index in [1.165, 1.54) is 13.2 Å². The van der Waals surface area contributed by atoms with Crippen LogP contribution >= 0.6 is 0 Å². The molecule has 1 amide bonds. The molecule has 1 saturated heterocycles. The molecular formula is C17H22FN3O5. The Morgan fingerprint density at radius 1 is 1.50 bits per heavy atom. The molecule has 2 N–H and O–H groups in total. The van der Waals surface area contributed by atoms with Gasteiger partial charge in [-0.1, -0.05) is 0 Å². The number of nitrogens with zero attached hydrogens (tertiary/aromatic N) is 2. The van der Waals surface area contributed by atoms with Crippen molar-refractivity contribution in [3.63, 3.8) is 0 Å². The molecule has 2 heterocycles. The quantitative estimate of drug-likeness (QED) is 0.810. The van der Waals surface area contributed by atoms with Gasteiger partial charge in [0.25, 0.3) is 6.01 Å². The van der Waals surface area contributed by atoms with Crippen molar-refractivity contribution in [3.8, 4) is 5.75 Å². The highest BCUT2D eigenvalue weighted by atomic mass is 19.1. The van der Waals surface area contributed by atoms with E-state index in [0.29, 0.717) is 31.2 Å². The minimum atomic E-state index is -1.06. The molecule has 0 radical (unpaired) electrons. The summed E-state index contributed by atoms with van der Waals surface area (Å²) in [6.07, 6.45) is 0.496. The maximum atomic E-state index is 14.2. The lowest BCUT2D eigenvalue weighted by molar-refractivity contribution is 0.0260. The number of amides is 1. The number of aromatic nitrogens is 1. The van der Waals surface area contributed by atoms with Crippen LogP contribution in [0.2, 0.25) is 0 Å². The van der Waals surface area contributed by atoms with Crippen LogP contribution in [0.1, 0.15) is 19.8 Å². The Bertz CT molecular complexity index is 773. The average Bonchev–Trinajstić information content (AvgIpc) is 3.05. The van der Waals surface area contributed by atoms with E-state index >= 15 is 0 Å². The maximum Gasteiger partial charge on any atom is 0.404 e. The highest BCUT2D eigenvalue weighted by Crippen LogP contribution is 2.30. The highest BCUT2D eigenvalue weighted by Gasteiger charge is 2.25. The molecule has 1 fully saturated rings. The number of carboxylic acid groups (broad SMARTS) is 1. The van der Waals surface area contributed by atoms with E-state index in [-0.39, 0.29) is 23.5 Å². The summed E-state index contributed by atoms with van der Waals surface area (Å²) in [5.41, 5.74) is 0.538. The minimum Gasteiger partial charge on any atom is -0.494 e. The van der Waals surface area contributed by atoms with Gasteiger partial charge in [-0.2, -0.15) is 9.37 Å². The van der Waals surface area contributed by atoms with Crippen LogP contribution in [0.15, 0.2) is 16.5 Å². The summed E-state index contributed by atoms with van der Waals surface area (Å²) in [5.74, 6) is -0.432. The molecule has 1 aromatic carbocycles. The molecule has 0 aliphatic carbocycles. The number of carbonyl (C=O) groups is 1. The highest BCUT2D eigenvalue weighted by molar-refractivity contribution is 5.77. The zero-order valence-electron chi connectivity index (χ0n) is 14.7. The number of halogens is 1. The van der Waals surface area contributed by atoms with Gasteiger partial charge in [0.2, 0.25) is 5.82 Å². The first-order valence-electron chi connectivity index (χ1n) is 8.47. The number of oxazole rings is 1. The van der Waals surface area contributed by atoms with Gasteiger partial charge in [-0.25, -0.2) is 4.79 Å². The van der Waals surface area contributed by atoms with Crippen molar-refractivity contribution < 1.29 is 28.2 Å². The van der Waals surface area contributed by atoms with Crippen molar-refractivity contribution in [1.82, 2.24) is 10.3 Å².